The van der Waals surface area contributed by atoms with Crippen molar-refractivity contribution in [1.29, 1.82) is 0 Å². The van der Waals surface area contributed by atoms with Gasteiger partial charge in [0, 0.05) is 22.2 Å². The summed E-state index contributed by atoms with van der Waals surface area (Å²) in [4.78, 5) is 11.6. The highest BCUT2D eigenvalue weighted by Gasteiger charge is 2.59. The fraction of sp³-hybridized carbons (Fsp3) is 0.400. The molecule has 0 aliphatic carbocycles. The normalized spacial score (nSPS) is 21.5. The first kappa shape index (κ1) is 16.7. The second kappa shape index (κ2) is 5.82. The van der Waals surface area contributed by atoms with E-state index in [4.69, 9.17) is 16.3 Å². The van der Waals surface area contributed by atoms with Crippen molar-refractivity contribution < 1.29 is 22.7 Å². The lowest BCUT2D eigenvalue weighted by molar-refractivity contribution is -0.256. The molecule has 1 atom stereocenters. The minimum Gasteiger partial charge on any atom is -0.340 e. The maximum absolute atomic E-state index is 13.8. The molecule has 118 valence electrons. The number of fused-ring (bicyclic) bond motifs is 1. The van der Waals surface area contributed by atoms with Gasteiger partial charge in [0.1, 0.15) is 6.61 Å². The van der Waals surface area contributed by atoms with Crippen molar-refractivity contribution in [3.63, 3.8) is 0 Å². The zero-order chi connectivity index (χ0) is 16.5. The Hall–Kier alpha value is -1.71. The number of anilines is 1. The predicted octanol–water partition coefficient (Wildman–Crippen LogP) is 3.73. The number of carbonyl (C=O) groups is 1. The molecule has 0 unspecified atom stereocenters. The van der Waals surface area contributed by atoms with Crippen LogP contribution < -0.4 is 5.32 Å². The molecule has 0 bridgehead atoms. The second-order valence-corrected chi connectivity index (χ2v) is 5.57. The first-order valence-corrected chi connectivity index (χ1v) is 6.87. The Bertz CT molecular complexity index is 661. The van der Waals surface area contributed by atoms with Gasteiger partial charge in [-0.25, -0.2) is 0 Å². The van der Waals surface area contributed by atoms with Crippen LogP contribution in [0.15, 0.2) is 18.2 Å². The van der Waals surface area contributed by atoms with E-state index >= 15 is 0 Å². The third kappa shape index (κ3) is 3.06. The molecule has 0 saturated carbocycles. The summed E-state index contributed by atoms with van der Waals surface area (Å²) in [6.07, 6.45) is -4.83. The number of benzene rings is 1. The number of rotatable bonds is 0. The summed E-state index contributed by atoms with van der Waals surface area (Å²) in [6.45, 7) is 2.57. The Kier molecular flexibility index (Phi) is 4.41. The van der Waals surface area contributed by atoms with Crippen LogP contribution in [-0.4, -0.2) is 18.7 Å². The third-order valence-corrected chi connectivity index (χ3v) is 3.23. The van der Waals surface area contributed by atoms with E-state index in [9.17, 15) is 18.0 Å². The Morgan fingerprint density at radius 3 is 2.68 bits per heavy atom. The van der Waals surface area contributed by atoms with Gasteiger partial charge in [0.25, 0.3) is 5.60 Å². The smallest absolute Gasteiger partial charge is 0.340 e. The van der Waals surface area contributed by atoms with Crippen LogP contribution in [0.3, 0.4) is 0 Å². The average molecular weight is 332 g/mol. The standard InChI is InChI=1S/C15H13ClF3NO2/c1-9(2)5-6-14(15(17,18)19)11-7-10(16)3-4-12(11)20-13(21)8-22-14/h3-4,7,9H,8H2,1-2H3,(H,20,21)/t14-/m0/s1. The van der Waals surface area contributed by atoms with Gasteiger partial charge >= 0.3 is 6.18 Å². The van der Waals surface area contributed by atoms with Gasteiger partial charge in [-0.05, 0) is 18.2 Å². The van der Waals surface area contributed by atoms with E-state index in [-0.39, 0.29) is 22.2 Å². The summed E-state index contributed by atoms with van der Waals surface area (Å²) in [5.41, 5.74) is -3.22. The number of halogens is 4. The van der Waals surface area contributed by atoms with Crippen LogP contribution in [0.1, 0.15) is 19.4 Å². The molecule has 0 saturated heterocycles. The molecule has 0 fully saturated rings. The summed E-state index contributed by atoms with van der Waals surface area (Å²) in [6, 6.07) is 3.82. The van der Waals surface area contributed by atoms with Gasteiger partial charge in [-0.3, -0.25) is 4.79 Å². The highest BCUT2D eigenvalue weighted by Crippen LogP contribution is 2.46. The molecule has 2 rings (SSSR count). The Balaban J connectivity index is 2.76. The molecule has 1 amide bonds. The lowest BCUT2D eigenvalue weighted by Gasteiger charge is -2.30. The maximum atomic E-state index is 13.8. The highest BCUT2D eigenvalue weighted by atomic mass is 35.5. The number of amides is 1. The van der Waals surface area contributed by atoms with E-state index in [1.54, 1.807) is 13.8 Å². The molecule has 3 nitrogen and oxygen atoms in total. The lowest BCUT2D eigenvalue weighted by atomic mass is 9.91. The topological polar surface area (TPSA) is 38.3 Å². The van der Waals surface area contributed by atoms with Crippen LogP contribution in [0.5, 0.6) is 0 Å². The fourth-order valence-corrected chi connectivity index (χ4v) is 2.18. The zero-order valence-corrected chi connectivity index (χ0v) is 12.6. The maximum Gasteiger partial charge on any atom is 0.433 e. The summed E-state index contributed by atoms with van der Waals surface area (Å²) in [5.74, 6) is 3.69. The van der Waals surface area contributed by atoms with Crippen LogP contribution in [0, 0.1) is 17.8 Å². The van der Waals surface area contributed by atoms with E-state index in [1.165, 1.54) is 12.1 Å². The molecule has 1 aromatic rings. The number of hydrogen-bond acceptors (Lipinski definition) is 2. The molecule has 1 aliphatic heterocycles. The van der Waals surface area contributed by atoms with Gasteiger partial charge in [0.05, 0.1) is 0 Å². The van der Waals surface area contributed by atoms with E-state index in [2.05, 4.69) is 17.2 Å². The van der Waals surface area contributed by atoms with Crippen molar-refractivity contribution in [2.75, 3.05) is 11.9 Å². The van der Waals surface area contributed by atoms with Gasteiger partial charge in [-0.1, -0.05) is 37.3 Å². The van der Waals surface area contributed by atoms with E-state index in [1.807, 2.05) is 0 Å². The zero-order valence-electron chi connectivity index (χ0n) is 11.8. The molecule has 1 heterocycles. The Morgan fingerprint density at radius 2 is 2.09 bits per heavy atom. The molecule has 1 aromatic carbocycles. The van der Waals surface area contributed by atoms with Crippen molar-refractivity contribution in [2.24, 2.45) is 5.92 Å². The summed E-state index contributed by atoms with van der Waals surface area (Å²) >= 11 is 5.82. The molecule has 0 spiro atoms. The molecular formula is C15H13ClF3NO2. The number of ether oxygens (including phenoxy) is 1. The summed E-state index contributed by atoms with van der Waals surface area (Å²) < 4.78 is 46.2. The fourth-order valence-electron chi connectivity index (χ4n) is 2.01. The number of carbonyl (C=O) groups excluding carboxylic acids is 1. The third-order valence-electron chi connectivity index (χ3n) is 2.99. The summed E-state index contributed by atoms with van der Waals surface area (Å²) in [5, 5.41) is 2.47. The Labute approximate surface area is 130 Å². The molecule has 1 aliphatic rings. The van der Waals surface area contributed by atoms with Crippen molar-refractivity contribution in [3.8, 4) is 11.8 Å². The molecule has 22 heavy (non-hydrogen) atoms. The monoisotopic (exact) mass is 331 g/mol. The molecular weight excluding hydrogens is 319 g/mol. The van der Waals surface area contributed by atoms with Crippen molar-refractivity contribution in [1.82, 2.24) is 0 Å². The van der Waals surface area contributed by atoms with Crippen LogP contribution in [-0.2, 0) is 15.1 Å². The molecule has 1 N–H and O–H groups in total. The first-order chi connectivity index (χ1) is 10.2. The van der Waals surface area contributed by atoms with Crippen molar-refractivity contribution in [3.05, 3.63) is 28.8 Å². The van der Waals surface area contributed by atoms with E-state index in [0.717, 1.165) is 6.07 Å². The molecule has 7 heteroatoms. The molecule has 0 aromatic heterocycles. The average Bonchev–Trinajstić information content (AvgIpc) is 2.53. The van der Waals surface area contributed by atoms with Crippen LogP contribution in [0.2, 0.25) is 5.02 Å². The second-order valence-electron chi connectivity index (χ2n) is 5.13. The summed E-state index contributed by atoms with van der Waals surface area (Å²) in [7, 11) is 0. The van der Waals surface area contributed by atoms with Gasteiger partial charge in [-0.2, -0.15) is 13.2 Å². The number of alkyl halides is 3. The van der Waals surface area contributed by atoms with Crippen LogP contribution in [0.25, 0.3) is 0 Å². The highest BCUT2D eigenvalue weighted by molar-refractivity contribution is 6.30. The van der Waals surface area contributed by atoms with Crippen LogP contribution >= 0.6 is 11.6 Å². The predicted molar refractivity (Wildman–Crippen MR) is 76.4 cm³/mol. The van der Waals surface area contributed by atoms with E-state index in [0.29, 0.717) is 0 Å². The largest absolute Gasteiger partial charge is 0.433 e. The van der Waals surface area contributed by atoms with Crippen molar-refractivity contribution >= 4 is 23.2 Å². The van der Waals surface area contributed by atoms with Gasteiger partial charge in [0.15, 0.2) is 0 Å². The SMILES string of the molecule is CC(C)C#C[C@]1(C(F)(F)F)OCC(=O)Nc2ccc(Cl)cc21. The van der Waals surface area contributed by atoms with Gasteiger partial charge < -0.3 is 10.1 Å². The van der Waals surface area contributed by atoms with Gasteiger partial charge in [-0.15, -0.1) is 0 Å². The van der Waals surface area contributed by atoms with E-state index < -0.39 is 24.3 Å². The van der Waals surface area contributed by atoms with Crippen LogP contribution in [0.4, 0.5) is 18.9 Å². The minimum atomic E-state index is -4.83. The lowest BCUT2D eigenvalue weighted by Crippen LogP contribution is -2.44. The Morgan fingerprint density at radius 1 is 1.41 bits per heavy atom. The quantitative estimate of drug-likeness (QED) is 0.736. The first-order valence-electron chi connectivity index (χ1n) is 6.49. The minimum absolute atomic E-state index is 0.0118. The van der Waals surface area contributed by atoms with Gasteiger partial charge in [0.2, 0.25) is 5.91 Å². The van der Waals surface area contributed by atoms with Crippen molar-refractivity contribution in [2.45, 2.75) is 25.6 Å². The number of nitrogens with one attached hydrogen (secondary N) is 1. The number of hydrogen-bond donors (Lipinski definition) is 1. The molecule has 0 radical (unpaired) electrons.